The maximum Gasteiger partial charge on any atom is 0.303 e. The number of carbonyl (C=O) groups is 1. The van der Waals surface area contributed by atoms with Crippen molar-refractivity contribution in [1.82, 2.24) is 5.32 Å². The molecule has 3 N–H and O–H groups in total. The van der Waals surface area contributed by atoms with Gasteiger partial charge in [0.05, 0.1) is 4.47 Å². The number of nitrogens with one attached hydrogen (secondary N) is 1. The van der Waals surface area contributed by atoms with E-state index in [4.69, 9.17) is 9.84 Å². The van der Waals surface area contributed by atoms with Crippen LogP contribution in [-0.4, -0.2) is 41.0 Å². The molecule has 0 aliphatic heterocycles. The van der Waals surface area contributed by atoms with Gasteiger partial charge in [0.1, 0.15) is 18.5 Å². The molecule has 1 aliphatic carbocycles. The topological polar surface area (TPSA) is 78.8 Å². The number of carboxylic acids is 1. The van der Waals surface area contributed by atoms with Crippen LogP contribution >= 0.6 is 15.9 Å². The second-order valence-corrected chi connectivity index (χ2v) is 9.99. The van der Waals surface area contributed by atoms with Gasteiger partial charge in [-0.3, -0.25) is 4.79 Å². The summed E-state index contributed by atoms with van der Waals surface area (Å²) in [5.41, 5.74) is 3.80. The van der Waals surface area contributed by atoms with Crippen molar-refractivity contribution in [3.05, 3.63) is 63.6 Å². The van der Waals surface area contributed by atoms with E-state index in [1.54, 1.807) is 0 Å². The Morgan fingerprint density at radius 1 is 1.23 bits per heavy atom. The Kier molecular flexibility index (Phi) is 8.14. The molecular formula is C25H32BrNO4. The second-order valence-electron chi connectivity index (χ2n) is 9.14. The Morgan fingerprint density at radius 3 is 2.52 bits per heavy atom. The predicted octanol–water partition coefficient (Wildman–Crippen LogP) is 4.38. The van der Waals surface area contributed by atoms with Crippen molar-refractivity contribution in [3.63, 3.8) is 0 Å². The minimum absolute atomic E-state index is 0.0694. The highest BCUT2D eigenvalue weighted by atomic mass is 79.9. The molecule has 0 saturated carbocycles. The van der Waals surface area contributed by atoms with Gasteiger partial charge < -0.3 is 20.3 Å². The van der Waals surface area contributed by atoms with Gasteiger partial charge in [-0.2, -0.15) is 0 Å². The first kappa shape index (κ1) is 23.8. The zero-order valence-corrected chi connectivity index (χ0v) is 19.8. The van der Waals surface area contributed by atoms with E-state index >= 15 is 0 Å². The number of hydrogen-bond donors (Lipinski definition) is 3. The Labute approximate surface area is 193 Å². The lowest BCUT2D eigenvalue weighted by molar-refractivity contribution is -0.136. The summed E-state index contributed by atoms with van der Waals surface area (Å²) in [7, 11) is 0. The summed E-state index contributed by atoms with van der Waals surface area (Å²) in [5.74, 6) is 0.456. The minimum Gasteiger partial charge on any atom is -0.490 e. The molecule has 0 bridgehead atoms. The van der Waals surface area contributed by atoms with Gasteiger partial charge in [0.2, 0.25) is 0 Å². The molecule has 2 aromatic carbocycles. The number of aryl methyl sites for hydroxylation is 1. The van der Waals surface area contributed by atoms with E-state index in [2.05, 4.69) is 59.4 Å². The molecule has 0 fully saturated rings. The molecule has 2 aromatic rings. The first-order chi connectivity index (χ1) is 14.7. The molecule has 0 amide bonds. The number of halogens is 1. The van der Waals surface area contributed by atoms with Crippen LogP contribution in [0.4, 0.5) is 0 Å². The van der Waals surface area contributed by atoms with E-state index in [0.717, 1.165) is 29.3 Å². The van der Waals surface area contributed by atoms with Gasteiger partial charge in [0.25, 0.3) is 0 Å². The molecule has 1 atom stereocenters. The number of hydrogen-bond acceptors (Lipinski definition) is 4. The van der Waals surface area contributed by atoms with Crippen LogP contribution in [0.2, 0.25) is 0 Å². The number of ether oxygens (including phenoxy) is 1. The van der Waals surface area contributed by atoms with E-state index in [-0.39, 0.29) is 18.6 Å². The van der Waals surface area contributed by atoms with Crippen LogP contribution in [0.25, 0.3) is 0 Å². The maximum absolute atomic E-state index is 10.7. The Bertz CT molecular complexity index is 874. The van der Waals surface area contributed by atoms with Gasteiger partial charge in [-0.15, -0.1) is 0 Å². The molecule has 0 radical (unpaired) electrons. The maximum atomic E-state index is 10.7. The molecule has 0 saturated heterocycles. The third kappa shape index (κ3) is 7.34. The molecule has 3 rings (SSSR count). The molecular weight excluding hydrogens is 458 g/mol. The molecule has 168 valence electrons. The van der Waals surface area contributed by atoms with Gasteiger partial charge in [-0.05, 0) is 90.2 Å². The van der Waals surface area contributed by atoms with Gasteiger partial charge in [0, 0.05) is 18.5 Å². The van der Waals surface area contributed by atoms with E-state index in [0.29, 0.717) is 24.6 Å². The second kappa shape index (κ2) is 10.6. The Morgan fingerprint density at radius 2 is 1.90 bits per heavy atom. The zero-order valence-electron chi connectivity index (χ0n) is 18.2. The standard InChI is InChI=1S/C25H32BrNO4/c1-25(2,14-18-11-19-5-3-4-6-20(19)12-18)27-15-21(28)16-31-23-9-7-17(13-22(23)26)8-10-24(29)30/h3-7,9,13,18,21,27-28H,8,10-12,14-16H2,1-2H3,(H,29,30)/t21-/m0/s1. The number of aliphatic hydroxyl groups is 1. The lowest BCUT2D eigenvalue weighted by atomic mass is 9.88. The molecule has 0 unspecified atom stereocenters. The van der Waals surface area contributed by atoms with Crippen LogP contribution in [-0.2, 0) is 24.1 Å². The lowest BCUT2D eigenvalue weighted by Gasteiger charge is -2.30. The number of fused-ring (bicyclic) bond motifs is 1. The number of rotatable bonds is 11. The van der Waals surface area contributed by atoms with Crippen molar-refractivity contribution in [1.29, 1.82) is 0 Å². The fourth-order valence-electron chi connectivity index (χ4n) is 4.30. The number of aliphatic carboxylic acids is 1. The van der Waals surface area contributed by atoms with Gasteiger partial charge in [0.15, 0.2) is 0 Å². The van der Waals surface area contributed by atoms with Crippen LogP contribution in [0.1, 0.15) is 43.4 Å². The molecule has 0 heterocycles. The highest BCUT2D eigenvalue weighted by molar-refractivity contribution is 9.10. The van der Waals surface area contributed by atoms with Gasteiger partial charge in [-0.25, -0.2) is 0 Å². The van der Waals surface area contributed by atoms with Crippen LogP contribution in [0.3, 0.4) is 0 Å². The summed E-state index contributed by atoms with van der Waals surface area (Å²) >= 11 is 3.47. The highest BCUT2D eigenvalue weighted by Gasteiger charge is 2.28. The lowest BCUT2D eigenvalue weighted by Crippen LogP contribution is -2.46. The highest BCUT2D eigenvalue weighted by Crippen LogP contribution is 2.32. The third-order valence-electron chi connectivity index (χ3n) is 5.81. The zero-order chi connectivity index (χ0) is 22.4. The predicted molar refractivity (Wildman–Crippen MR) is 126 cm³/mol. The molecule has 0 aromatic heterocycles. The molecule has 1 aliphatic rings. The van der Waals surface area contributed by atoms with Crippen LogP contribution < -0.4 is 10.1 Å². The summed E-state index contributed by atoms with van der Waals surface area (Å²) in [4.78, 5) is 10.7. The smallest absolute Gasteiger partial charge is 0.303 e. The van der Waals surface area contributed by atoms with Crippen LogP contribution in [0, 0.1) is 5.92 Å². The van der Waals surface area contributed by atoms with Crippen LogP contribution in [0.15, 0.2) is 46.9 Å². The van der Waals surface area contributed by atoms with E-state index in [1.807, 2.05) is 18.2 Å². The van der Waals surface area contributed by atoms with Gasteiger partial charge in [-0.1, -0.05) is 30.3 Å². The first-order valence-electron chi connectivity index (χ1n) is 10.8. The normalized spacial score (nSPS) is 15.0. The summed E-state index contributed by atoms with van der Waals surface area (Å²) in [6.45, 7) is 5.03. The van der Waals surface area contributed by atoms with Crippen molar-refractivity contribution < 1.29 is 19.7 Å². The largest absolute Gasteiger partial charge is 0.490 e. The van der Waals surface area contributed by atoms with Crippen molar-refractivity contribution in [2.75, 3.05) is 13.2 Å². The fraction of sp³-hybridized carbons (Fsp3) is 0.480. The first-order valence-corrected chi connectivity index (χ1v) is 11.6. The fourth-order valence-corrected chi connectivity index (χ4v) is 4.84. The Hall–Kier alpha value is -1.89. The Balaban J connectivity index is 1.41. The van der Waals surface area contributed by atoms with Crippen molar-refractivity contribution in [2.45, 2.75) is 57.6 Å². The molecule has 31 heavy (non-hydrogen) atoms. The number of aliphatic hydroxyl groups excluding tert-OH is 1. The third-order valence-corrected chi connectivity index (χ3v) is 6.43. The average Bonchev–Trinajstić information content (AvgIpc) is 3.11. The molecule has 5 nitrogen and oxygen atoms in total. The monoisotopic (exact) mass is 489 g/mol. The number of β-amino-alcohol motifs (C(OH)–C–C–N with tert-alkyl or cyclic N) is 1. The molecule has 6 heteroatoms. The number of benzene rings is 2. The number of carboxylic acid groups (broad SMARTS) is 1. The summed E-state index contributed by atoms with van der Waals surface area (Å²) in [5, 5.41) is 22.7. The quantitative estimate of drug-likeness (QED) is 0.436. The molecule has 0 spiro atoms. The minimum atomic E-state index is -0.813. The van der Waals surface area contributed by atoms with Crippen molar-refractivity contribution in [2.24, 2.45) is 5.92 Å². The van der Waals surface area contributed by atoms with Gasteiger partial charge >= 0.3 is 5.97 Å². The van der Waals surface area contributed by atoms with E-state index in [9.17, 15) is 9.90 Å². The average molecular weight is 490 g/mol. The summed E-state index contributed by atoms with van der Waals surface area (Å²) in [6.07, 6.45) is 3.26. The van der Waals surface area contributed by atoms with E-state index in [1.165, 1.54) is 11.1 Å². The SMILES string of the molecule is CC(C)(CC1Cc2ccccc2C1)NC[C@H](O)COc1ccc(CCC(=O)O)cc1Br. The van der Waals surface area contributed by atoms with E-state index < -0.39 is 12.1 Å². The van der Waals surface area contributed by atoms with Crippen LogP contribution in [0.5, 0.6) is 5.75 Å². The van der Waals surface area contributed by atoms with Crippen molar-refractivity contribution >= 4 is 21.9 Å². The summed E-state index contributed by atoms with van der Waals surface area (Å²) < 4.78 is 6.53. The van der Waals surface area contributed by atoms with Crippen molar-refractivity contribution in [3.8, 4) is 5.75 Å². The summed E-state index contributed by atoms with van der Waals surface area (Å²) in [6, 6.07) is 14.2.